The number of nitrogens with zero attached hydrogens (tertiary/aromatic N) is 1. The molecule has 1 unspecified atom stereocenters. The van der Waals surface area contributed by atoms with Gasteiger partial charge >= 0.3 is 0 Å². The number of nitrogens with one attached hydrogen (secondary N) is 1. The van der Waals surface area contributed by atoms with Crippen molar-refractivity contribution in [2.45, 2.75) is 32.7 Å². The van der Waals surface area contributed by atoms with E-state index in [1.54, 1.807) is 0 Å². The number of rotatable bonds is 2. The van der Waals surface area contributed by atoms with E-state index in [2.05, 4.69) is 53.3 Å². The van der Waals surface area contributed by atoms with Gasteiger partial charge in [0.05, 0.1) is 5.69 Å². The molecule has 0 spiro atoms. The van der Waals surface area contributed by atoms with Crippen LogP contribution in [0.3, 0.4) is 0 Å². The Labute approximate surface area is 126 Å². The van der Waals surface area contributed by atoms with Crippen LogP contribution < -0.4 is 5.32 Å². The number of aromatic nitrogens is 1. The van der Waals surface area contributed by atoms with Crippen molar-refractivity contribution in [1.29, 1.82) is 0 Å². The number of aryl methyl sites for hydroxylation is 2. The Morgan fingerprint density at radius 2 is 2.21 bits per heavy atom. The zero-order chi connectivity index (χ0) is 13.4. The van der Waals surface area contributed by atoms with Gasteiger partial charge in [-0.3, -0.25) is 0 Å². The minimum absolute atomic E-state index is 0.513. The average Bonchev–Trinajstić information content (AvgIpc) is 3.01. The molecule has 1 N–H and O–H groups in total. The highest BCUT2D eigenvalue weighted by molar-refractivity contribution is 9.10. The van der Waals surface area contributed by atoms with Crippen molar-refractivity contribution in [2.24, 2.45) is 0 Å². The highest BCUT2D eigenvalue weighted by Gasteiger charge is 2.22. The topological polar surface area (TPSA) is 24.9 Å². The molecule has 0 aliphatic carbocycles. The van der Waals surface area contributed by atoms with E-state index in [0.717, 1.165) is 16.0 Å². The molecule has 1 aromatic carbocycles. The van der Waals surface area contributed by atoms with Gasteiger partial charge in [0.15, 0.2) is 0 Å². The fourth-order valence-electron chi connectivity index (χ4n) is 2.58. The van der Waals surface area contributed by atoms with Gasteiger partial charge in [-0.1, -0.05) is 22.0 Å². The molecule has 2 nitrogen and oxygen atoms in total. The second-order valence-corrected chi connectivity index (χ2v) is 7.02. The molecule has 0 amide bonds. The summed E-state index contributed by atoms with van der Waals surface area (Å²) in [6.07, 6.45) is 2.51. The van der Waals surface area contributed by atoms with E-state index >= 15 is 0 Å². The van der Waals surface area contributed by atoms with Crippen molar-refractivity contribution in [3.63, 3.8) is 0 Å². The molecule has 0 saturated carbocycles. The normalized spacial score (nSPS) is 19.0. The molecule has 4 heteroatoms. The summed E-state index contributed by atoms with van der Waals surface area (Å²) >= 11 is 5.39. The predicted molar refractivity (Wildman–Crippen MR) is 84.7 cm³/mol. The molecular formula is C15H17BrN2S. The highest BCUT2D eigenvalue weighted by atomic mass is 79.9. The maximum absolute atomic E-state index is 4.79. The molecule has 1 fully saturated rings. The van der Waals surface area contributed by atoms with Crippen molar-refractivity contribution < 1.29 is 0 Å². The fourth-order valence-corrected chi connectivity index (χ4v) is 4.20. The molecule has 19 heavy (non-hydrogen) atoms. The molecule has 100 valence electrons. The Hall–Kier alpha value is -0.710. The second-order valence-electron chi connectivity index (χ2n) is 5.08. The number of hydrogen-bond acceptors (Lipinski definition) is 3. The summed E-state index contributed by atoms with van der Waals surface area (Å²) in [7, 11) is 0. The third-order valence-corrected chi connectivity index (χ3v) is 5.44. The van der Waals surface area contributed by atoms with Crippen LogP contribution in [0.5, 0.6) is 0 Å². The van der Waals surface area contributed by atoms with E-state index < -0.39 is 0 Å². The number of thiazole rings is 1. The van der Waals surface area contributed by atoms with E-state index in [1.807, 2.05) is 11.3 Å². The van der Waals surface area contributed by atoms with Crippen LogP contribution in [0, 0.1) is 13.8 Å². The first-order valence-corrected chi connectivity index (χ1v) is 8.23. The van der Waals surface area contributed by atoms with Gasteiger partial charge in [-0.2, -0.15) is 0 Å². The molecule has 2 heterocycles. The number of benzene rings is 1. The van der Waals surface area contributed by atoms with Crippen LogP contribution in [0.25, 0.3) is 10.6 Å². The lowest BCUT2D eigenvalue weighted by molar-refractivity contribution is 0.654. The van der Waals surface area contributed by atoms with Gasteiger partial charge in [0.2, 0.25) is 0 Å². The van der Waals surface area contributed by atoms with Gasteiger partial charge < -0.3 is 5.32 Å². The molecule has 0 radical (unpaired) electrons. The summed E-state index contributed by atoms with van der Waals surface area (Å²) < 4.78 is 1.11. The van der Waals surface area contributed by atoms with E-state index in [4.69, 9.17) is 4.98 Å². The van der Waals surface area contributed by atoms with Crippen molar-refractivity contribution in [2.75, 3.05) is 6.54 Å². The molecule has 0 bridgehead atoms. The van der Waals surface area contributed by atoms with Crippen molar-refractivity contribution in [3.05, 3.63) is 38.8 Å². The third-order valence-electron chi connectivity index (χ3n) is 3.64. The first-order valence-electron chi connectivity index (χ1n) is 6.62. The summed E-state index contributed by atoms with van der Waals surface area (Å²) in [5.41, 5.74) is 3.70. The van der Waals surface area contributed by atoms with Gasteiger partial charge in [-0.25, -0.2) is 4.98 Å². The lowest BCUT2D eigenvalue weighted by atomic mass is 10.1. The quantitative estimate of drug-likeness (QED) is 0.865. The zero-order valence-electron chi connectivity index (χ0n) is 11.2. The Bertz CT molecular complexity index is 600. The molecule has 1 aliphatic heterocycles. The van der Waals surface area contributed by atoms with Gasteiger partial charge in [0, 0.05) is 21.0 Å². The minimum Gasteiger partial charge on any atom is -0.309 e. The first kappa shape index (κ1) is 13.3. The van der Waals surface area contributed by atoms with E-state index in [0.29, 0.717) is 6.04 Å². The van der Waals surface area contributed by atoms with Crippen LogP contribution in [0.2, 0.25) is 0 Å². The lowest BCUT2D eigenvalue weighted by Crippen LogP contribution is -2.12. The average molecular weight is 337 g/mol. The van der Waals surface area contributed by atoms with Gasteiger partial charge in [0.1, 0.15) is 5.01 Å². The molecule has 1 aliphatic rings. The zero-order valence-corrected chi connectivity index (χ0v) is 13.6. The number of hydrogen-bond donors (Lipinski definition) is 1. The van der Waals surface area contributed by atoms with E-state index in [-0.39, 0.29) is 0 Å². The number of halogens is 1. The highest BCUT2D eigenvalue weighted by Crippen LogP contribution is 2.37. The molecule has 2 aromatic rings. The Morgan fingerprint density at radius 1 is 1.37 bits per heavy atom. The van der Waals surface area contributed by atoms with Crippen LogP contribution >= 0.6 is 27.3 Å². The summed E-state index contributed by atoms with van der Waals surface area (Å²) in [5, 5.41) is 4.70. The van der Waals surface area contributed by atoms with Gasteiger partial charge in [-0.15, -0.1) is 11.3 Å². The van der Waals surface area contributed by atoms with Crippen molar-refractivity contribution in [1.82, 2.24) is 10.3 Å². The summed E-state index contributed by atoms with van der Waals surface area (Å²) in [6.45, 7) is 5.40. The van der Waals surface area contributed by atoms with Gasteiger partial charge in [-0.05, 0) is 50.9 Å². The van der Waals surface area contributed by atoms with Crippen LogP contribution in [-0.2, 0) is 0 Å². The maximum Gasteiger partial charge on any atom is 0.124 e. The lowest BCUT2D eigenvalue weighted by Gasteiger charge is -2.07. The smallest absolute Gasteiger partial charge is 0.124 e. The fraction of sp³-hybridized carbons (Fsp3) is 0.400. The van der Waals surface area contributed by atoms with Crippen molar-refractivity contribution >= 4 is 27.3 Å². The summed E-state index contributed by atoms with van der Waals surface area (Å²) in [5.74, 6) is 0. The molecule has 1 atom stereocenters. The minimum atomic E-state index is 0.513. The Kier molecular flexibility index (Phi) is 3.74. The molecule has 3 rings (SSSR count). The largest absolute Gasteiger partial charge is 0.309 e. The monoisotopic (exact) mass is 336 g/mol. The molecule has 1 saturated heterocycles. The van der Waals surface area contributed by atoms with Crippen LogP contribution in [-0.4, -0.2) is 11.5 Å². The van der Waals surface area contributed by atoms with E-state index in [9.17, 15) is 0 Å². The summed E-state index contributed by atoms with van der Waals surface area (Å²) in [6, 6.07) is 6.90. The first-order chi connectivity index (χ1) is 9.15. The Morgan fingerprint density at radius 3 is 2.95 bits per heavy atom. The van der Waals surface area contributed by atoms with Crippen LogP contribution in [0.1, 0.15) is 35.0 Å². The predicted octanol–water partition coefficient (Wildman–Crippen LogP) is 4.61. The summed E-state index contributed by atoms with van der Waals surface area (Å²) in [4.78, 5) is 6.19. The second kappa shape index (κ2) is 5.35. The van der Waals surface area contributed by atoms with Crippen molar-refractivity contribution in [3.8, 4) is 10.6 Å². The van der Waals surface area contributed by atoms with Gasteiger partial charge in [0.25, 0.3) is 0 Å². The Balaban J connectivity index is 2.01. The van der Waals surface area contributed by atoms with E-state index in [1.165, 1.54) is 34.5 Å². The third kappa shape index (κ3) is 2.62. The maximum atomic E-state index is 4.79. The van der Waals surface area contributed by atoms with Crippen LogP contribution in [0.4, 0.5) is 0 Å². The SMILES string of the molecule is Cc1ccc(Br)cc1-c1nc(C)c(C2CCCN2)s1. The van der Waals surface area contributed by atoms with Crippen LogP contribution in [0.15, 0.2) is 22.7 Å². The molecular weight excluding hydrogens is 320 g/mol. The standard InChI is InChI=1S/C15H17BrN2S/c1-9-5-6-11(16)8-12(9)15-18-10(2)14(19-15)13-4-3-7-17-13/h5-6,8,13,17H,3-4,7H2,1-2H3. The molecule has 1 aromatic heterocycles.